The summed E-state index contributed by atoms with van der Waals surface area (Å²) in [5.74, 6) is -1.50. The highest BCUT2D eigenvalue weighted by atomic mass is 35.5. The van der Waals surface area contributed by atoms with Crippen molar-refractivity contribution in [2.75, 3.05) is 4.90 Å². The molecule has 4 aromatic rings. The van der Waals surface area contributed by atoms with Gasteiger partial charge in [-0.3, -0.25) is 14.7 Å². The van der Waals surface area contributed by atoms with Crippen LogP contribution in [0.15, 0.2) is 72.2 Å². The number of halogens is 3. The molecule has 0 aliphatic carbocycles. The highest BCUT2D eigenvalue weighted by Crippen LogP contribution is 2.25. The van der Waals surface area contributed by atoms with Crippen LogP contribution in [0.3, 0.4) is 0 Å². The predicted octanol–water partition coefficient (Wildman–Crippen LogP) is 5.90. The smallest absolute Gasteiger partial charge is 0.278 e. The fourth-order valence-corrected chi connectivity index (χ4v) is 3.71. The van der Waals surface area contributed by atoms with Crippen molar-refractivity contribution in [1.29, 1.82) is 0 Å². The lowest BCUT2D eigenvalue weighted by atomic mass is 10.2. The van der Waals surface area contributed by atoms with Gasteiger partial charge in [-0.25, -0.2) is 13.8 Å². The molecule has 0 radical (unpaired) electrons. The lowest BCUT2D eigenvalue weighted by Gasteiger charge is -2.22. The second-order valence-corrected chi connectivity index (χ2v) is 8.06. The topological polar surface area (TPSA) is 55.3 Å². The number of carbonyl (C=O) groups is 1. The first-order chi connectivity index (χ1) is 15.5. The van der Waals surface area contributed by atoms with Crippen LogP contribution in [-0.4, -0.2) is 15.9 Å². The van der Waals surface area contributed by atoms with Crippen LogP contribution < -0.4 is 9.64 Å². The summed E-state index contributed by atoms with van der Waals surface area (Å²) in [5, 5.41) is 2.75. The van der Waals surface area contributed by atoms with Crippen LogP contribution in [0.2, 0.25) is 5.02 Å². The minimum absolute atomic E-state index is 0.00361. The molecule has 162 valence electrons. The zero-order chi connectivity index (χ0) is 22.5. The molecular formula is C23H16ClF2N3O2S. The second-order valence-electron chi connectivity index (χ2n) is 6.68. The van der Waals surface area contributed by atoms with E-state index in [1.807, 2.05) is 0 Å². The van der Waals surface area contributed by atoms with Crippen molar-refractivity contribution in [3.63, 3.8) is 0 Å². The average molecular weight is 472 g/mol. The van der Waals surface area contributed by atoms with Crippen LogP contribution in [0, 0.1) is 11.6 Å². The third-order valence-corrected chi connectivity index (χ3v) is 5.51. The quantitative estimate of drug-likeness (QED) is 0.337. The molecule has 0 unspecified atom stereocenters. The summed E-state index contributed by atoms with van der Waals surface area (Å²) in [7, 11) is 0. The number of rotatable bonds is 7. The lowest BCUT2D eigenvalue weighted by molar-refractivity contribution is 0.0979. The van der Waals surface area contributed by atoms with E-state index in [1.165, 1.54) is 22.3 Å². The molecule has 0 aliphatic rings. The van der Waals surface area contributed by atoms with E-state index in [1.54, 1.807) is 54.0 Å². The maximum atomic E-state index is 14.5. The Morgan fingerprint density at radius 2 is 1.91 bits per heavy atom. The molecule has 0 spiro atoms. The standard InChI is InChI=1S/C23H16ClF2N3O2S/c24-15-4-7-18(8-5-15)31-13-22-28-20(14-32-22)23(30)29(12-17-3-1-2-10-27-17)21-9-6-16(25)11-19(21)26/h1-11,14H,12-13H2. The molecular weight excluding hydrogens is 456 g/mol. The van der Waals surface area contributed by atoms with E-state index in [4.69, 9.17) is 16.3 Å². The SMILES string of the molecule is O=C(c1csc(COc2ccc(Cl)cc2)n1)N(Cc1ccccn1)c1ccc(F)cc1F. The van der Waals surface area contributed by atoms with E-state index in [0.717, 1.165) is 12.1 Å². The Balaban J connectivity index is 1.56. The molecule has 2 aromatic heterocycles. The maximum Gasteiger partial charge on any atom is 0.278 e. The van der Waals surface area contributed by atoms with E-state index in [-0.39, 0.29) is 24.5 Å². The first-order valence-corrected chi connectivity index (χ1v) is 10.7. The summed E-state index contributed by atoms with van der Waals surface area (Å²) in [6.45, 7) is 0.154. The molecule has 2 heterocycles. The molecule has 0 saturated heterocycles. The van der Waals surface area contributed by atoms with Crippen molar-refractivity contribution in [1.82, 2.24) is 9.97 Å². The Labute approximate surface area is 191 Å². The lowest BCUT2D eigenvalue weighted by Crippen LogP contribution is -2.32. The van der Waals surface area contributed by atoms with E-state index < -0.39 is 17.5 Å². The summed E-state index contributed by atoms with van der Waals surface area (Å²) < 4.78 is 33.6. The number of ether oxygens (including phenoxy) is 1. The average Bonchev–Trinajstić information content (AvgIpc) is 3.27. The first-order valence-electron chi connectivity index (χ1n) is 9.49. The molecule has 0 bridgehead atoms. The monoisotopic (exact) mass is 471 g/mol. The third kappa shape index (κ3) is 5.27. The van der Waals surface area contributed by atoms with E-state index >= 15 is 0 Å². The number of thiazole rings is 1. The van der Waals surface area contributed by atoms with Gasteiger partial charge in [0.25, 0.3) is 5.91 Å². The number of amides is 1. The fourth-order valence-electron chi connectivity index (χ4n) is 2.91. The van der Waals surface area contributed by atoms with Gasteiger partial charge in [-0.2, -0.15) is 0 Å². The van der Waals surface area contributed by atoms with Gasteiger partial charge in [0.15, 0.2) is 0 Å². The Bertz CT molecular complexity index is 1220. The van der Waals surface area contributed by atoms with Crippen molar-refractivity contribution in [3.05, 3.63) is 105 Å². The van der Waals surface area contributed by atoms with Gasteiger partial charge in [0, 0.05) is 22.7 Å². The molecule has 0 atom stereocenters. The molecule has 5 nitrogen and oxygen atoms in total. The van der Waals surface area contributed by atoms with E-state index in [2.05, 4.69) is 9.97 Å². The summed E-state index contributed by atoms with van der Waals surface area (Å²) in [6.07, 6.45) is 1.58. The van der Waals surface area contributed by atoms with Gasteiger partial charge in [-0.15, -0.1) is 11.3 Å². The number of anilines is 1. The molecule has 0 fully saturated rings. The van der Waals surface area contributed by atoms with Crippen molar-refractivity contribution >= 4 is 34.5 Å². The molecule has 2 aromatic carbocycles. The Morgan fingerprint density at radius 1 is 1.09 bits per heavy atom. The first kappa shape index (κ1) is 21.9. The van der Waals surface area contributed by atoms with Gasteiger partial charge in [0.1, 0.15) is 34.7 Å². The molecule has 32 heavy (non-hydrogen) atoms. The van der Waals surface area contributed by atoms with Gasteiger partial charge < -0.3 is 4.74 Å². The predicted molar refractivity (Wildman–Crippen MR) is 119 cm³/mol. The number of nitrogens with zero attached hydrogens (tertiary/aromatic N) is 3. The largest absolute Gasteiger partial charge is 0.486 e. The van der Waals surface area contributed by atoms with E-state index in [9.17, 15) is 13.6 Å². The summed E-state index contributed by atoms with van der Waals surface area (Å²) in [4.78, 5) is 23.0. The van der Waals surface area contributed by atoms with Crippen LogP contribution in [-0.2, 0) is 13.2 Å². The van der Waals surface area contributed by atoms with Crippen molar-refractivity contribution in [2.45, 2.75) is 13.2 Å². The van der Waals surface area contributed by atoms with Gasteiger partial charge in [-0.05, 0) is 48.5 Å². The fraction of sp³-hybridized carbons (Fsp3) is 0.0870. The van der Waals surface area contributed by atoms with Crippen LogP contribution in [0.5, 0.6) is 5.75 Å². The molecule has 4 rings (SSSR count). The number of hydrogen-bond donors (Lipinski definition) is 0. The molecule has 0 saturated carbocycles. The van der Waals surface area contributed by atoms with Gasteiger partial charge in [0.05, 0.1) is 17.9 Å². The van der Waals surface area contributed by atoms with Crippen molar-refractivity contribution in [2.24, 2.45) is 0 Å². The Morgan fingerprint density at radius 3 is 2.62 bits per heavy atom. The maximum absolute atomic E-state index is 14.5. The number of benzene rings is 2. The highest BCUT2D eigenvalue weighted by molar-refractivity contribution is 7.09. The summed E-state index contributed by atoms with van der Waals surface area (Å²) in [5.41, 5.74) is 0.615. The number of aromatic nitrogens is 2. The molecule has 9 heteroatoms. The zero-order valence-electron chi connectivity index (χ0n) is 16.5. The van der Waals surface area contributed by atoms with Gasteiger partial charge in [0.2, 0.25) is 0 Å². The zero-order valence-corrected chi connectivity index (χ0v) is 18.1. The van der Waals surface area contributed by atoms with Crippen LogP contribution in [0.4, 0.5) is 14.5 Å². The van der Waals surface area contributed by atoms with Crippen LogP contribution in [0.25, 0.3) is 0 Å². The van der Waals surface area contributed by atoms with Crippen molar-refractivity contribution < 1.29 is 18.3 Å². The Hall–Kier alpha value is -3.36. The molecule has 0 aliphatic heterocycles. The third-order valence-electron chi connectivity index (χ3n) is 4.44. The minimum Gasteiger partial charge on any atom is -0.486 e. The Kier molecular flexibility index (Phi) is 6.72. The number of carbonyl (C=O) groups excluding carboxylic acids is 1. The molecule has 1 amide bonds. The normalized spacial score (nSPS) is 10.7. The molecule has 0 N–H and O–H groups in total. The van der Waals surface area contributed by atoms with Gasteiger partial charge in [-0.1, -0.05) is 17.7 Å². The summed E-state index contributed by atoms with van der Waals surface area (Å²) in [6, 6.07) is 15.2. The van der Waals surface area contributed by atoms with E-state index in [0.29, 0.717) is 21.5 Å². The number of pyridine rings is 1. The van der Waals surface area contributed by atoms with Gasteiger partial charge >= 0.3 is 0 Å². The number of hydrogen-bond acceptors (Lipinski definition) is 5. The highest BCUT2D eigenvalue weighted by Gasteiger charge is 2.24. The van der Waals surface area contributed by atoms with Crippen molar-refractivity contribution in [3.8, 4) is 5.75 Å². The second kappa shape index (κ2) is 9.84. The minimum atomic E-state index is -0.851. The van der Waals surface area contributed by atoms with Crippen LogP contribution >= 0.6 is 22.9 Å². The van der Waals surface area contributed by atoms with Crippen LogP contribution in [0.1, 0.15) is 21.2 Å². The summed E-state index contributed by atoms with van der Waals surface area (Å²) >= 11 is 7.11.